The Labute approximate surface area is 118 Å². The summed E-state index contributed by atoms with van der Waals surface area (Å²) in [6.45, 7) is 10.3. The van der Waals surface area contributed by atoms with Crippen molar-refractivity contribution in [1.82, 2.24) is 0 Å². The van der Waals surface area contributed by atoms with Crippen LogP contribution in [0.25, 0.3) is 5.57 Å². The molecule has 0 spiro atoms. The van der Waals surface area contributed by atoms with Crippen LogP contribution in [-0.2, 0) is 12.8 Å². The van der Waals surface area contributed by atoms with Crippen LogP contribution in [0.3, 0.4) is 0 Å². The number of thiophene rings is 1. The molecule has 102 valence electrons. The number of carboxylic acids is 1. The van der Waals surface area contributed by atoms with Gasteiger partial charge >= 0.3 is 5.97 Å². The van der Waals surface area contributed by atoms with Gasteiger partial charge in [0, 0.05) is 9.75 Å². The molecule has 2 nitrogen and oxygen atoms in total. The number of hydrogen-bond acceptors (Lipinski definition) is 2. The predicted octanol–water partition coefficient (Wildman–Crippen LogP) is 4.55. The highest BCUT2D eigenvalue weighted by molar-refractivity contribution is 7.13. The molecule has 0 radical (unpaired) electrons. The first-order valence-corrected chi connectivity index (χ1v) is 7.37. The van der Waals surface area contributed by atoms with Gasteiger partial charge in [0.25, 0.3) is 0 Å². The van der Waals surface area contributed by atoms with Crippen molar-refractivity contribution in [3.63, 3.8) is 0 Å². The molecule has 1 heterocycles. The summed E-state index contributed by atoms with van der Waals surface area (Å²) in [5.74, 6) is -0.823. The van der Waals surface area contributed by atoms with Crippen molar-refractivity contribution >= 4 is 22.9 Å². The number of carbonyl (C=O) groups is 1. The highest BCUT2D eigenvalue weighted by Gasteiger charge is 2.32. The lowest BCUT2D eigenvalue weighted by atomic mass is 9.76. The van der Waals surface area contributed by atoms with Gasteiger partial charge < -0.3 is 5.11 Å². The molecule has 0 unspecified atom stereocenters. The van der Waals surface area contributed by atoms with Gasteiger partial charge in [0.1, 0.15) is 0 Å². The van der Waals surface area contributed by atoms with Crippen molar-refractivity contribution in [3.05, 3.63) is 39.6 Å². The molecule has 1 aliphatic carbocycles. The van der Waals surface area contributed by atoms with Gasteiger partial charge in [0.2, 0.25) is 0 Å². The predicted molar refractivity (Wildman–Crippen MR) is 80.9 cm³/mol. The fourth-order valence-corrected chi connectivity index (χ4v) is 3.91. The summed E-state index contributed by atoms with van der Waals surface area (Å²) in [6, 6.07) is 0. The first-order valence-electron chi connectivity index (χ1n) is 6.55. The monoisotopic (exact) mass is 276 g/mol. The summed E-state index contributed by atoms with van der Waals surface area (Å²) in [6.07, 6.45) is 6.74. The van der Waals surface area contributed by atoms with Crippen LogP contribution in [0.5, 0.6) is 0 Å². The Hall–Kier alpha value is -1.35. The van der Waals surface area contributed by atoms with Crippen LogP contribution in [0.2, 0.25) is 0 Å². The first kappa shape index (κ1) is 14.1. The van der Waals surface area contributed by atoms with E-state index in [0.717, 1.165) is 35.3 Å². The van der Waals surface area contributed by atoms with Gasteiger partial charge in [-0.2, -0.15) is 0 Å². The van der Waals surface area contributed by atoms with E-state index in [-0.39, 0.29) is 5.41 Å². The number of aromatic carboxylic acids is 1. The molecule has 0 saturated carbocycles. The summed E-state index contributed by atoms with van der Waals surface area (Å²) < 4.78 is 0. The van der Waals surface area contributed by atoms with Crippen molar-refractivity contribution in [3.8, 4) is 0 Å². The molecule has 2 rings (SSSR count). The zero-order chi connectivity index (χ0) is 14.2. The van der Waals surface area contributed by atoms with Gasteiger partial charge in [-0.05, 0) is 42.7 Å². The van der Waals surface area contributed by atoms with Gasteiger partial charge in [-0.15, -0.1) is 11.3 Å². The van der Waals surface area contributed by atoms with Gasteiger partial charge in [0.15, 0.2) is 0 Å². The van der Waals surface area contributed by atoms with Crippen LogP contribution in [0.4, 0.5) is 0 Å². The average Bonchev–Trinajstić information content (AvgIpc) is 2.66. The number of fused-ring (bicyclic) bond motifs is 1. The number of aryl methyl sites for hydroxylation is 1. The third-order valence-electron chi connectivity index (χ3n) is 3.65. The van der Waals surface area contributed by atoms with Crippen LogP contribution in [0, 0.1) is 5.41 Å². The Balaban J connectivity index is 2.56. The van der Waals surface area contributed by atoms with Crippen LogP contribution in [0.15, 0.2) is 18.7 Å². The van der Waals surface area contributed by atoms with E-state index in [1.54, 1.807) is 11.3 Å². The SMILES string of the molecule is C=C(/C=C\C)c1sc2c(c1C(=O)O)CC(C)(C)CC2. The number of allylic oxidation sites excluding steroid dienone is 3. The largest absolute Gasteiger partial charge is 0.478 e. The lowest BCUT2D eigenvalue weighted by Gasteiger charge is -2.29. The minimum Gasteiger partial charge on any atom is -0.478 e. The van der Waals surface area contributed by atoms with E-state index in [9.17, 15) is 9.90 Å². The maximum absolute atomic E-state index is 11.6. The van der Waals surface area contributed by atoms with Gasteiger partial charge in [-0.25, -0.2) is 4.79 Å². The van der Waals surface area contributed by atoms with Crippen molar-refractivity contribution in [2.24, 2.45) is 5.41 Å². The number of rotatable bonds is 3. The molecule has 3 heteroatoms. The molecule has 0 saturated heterocycles. The first-order chi connectivity index (χ1) is 8.85. The number of hydrogen-bond donors (Lipinski definition) is 1. The second-order valence-corrected chi connectivity index (χ2v) is 6.98. The average molecular weight is 276 g/mol. The fraction of sp³-hybridized carbons (Fsp3) is 0.438. The second kappa shape index (κ2) is 4.97. The maximum Gasteiger partial charge on any atom is 0.337 e. The Bertz CT molecular complexity index is 562. The van der Waals surface area contributed by atoms with Crippen molar-refractivity contribution < 1.29 is 9.90 Å². The summed E-state index contributed by atoms with van der Waals surface area (Å²) >= 11 is 1.61. The molecule has 0 amide bonds. The van der Waals surface area contributed by atoms with Crippen molar-refractivity contribution in [1.29, 1.82) is 0 Å². The Kier molecular flexibility index (Phi) is 3.68. The molecule has 0 fully saturated rings. The smallest absolute Gasteiger partial charge is 0.337 e. The van der Waals surface area contributed by atoms with E-state index in [1.807, 2.05) is 19.1 Å². The molecule has 1 N–H and O–H groups in total. The van der Waals surface area contributed by atoms with E-state index in [0.29, 0.717) is 5.56 Å². The van der Waals surface area contributed by atoms with Crippen molar-refractivity contribution in [2.75, 3.05) is 0 Å². The number of carboxylic acid groups (broad SMARTS) is 1. The Morgan fingerprint density at radius 1 is 1.47 bits per heavy atom. The summed E-state index contributed by atoms with van der Waals surface area (Å²) in [4.78, 5) is 13.7. The highest BCUT2D eigenvalue weighted by atomic mass is 32.1. The summed E-state index contributed by atoms with van der Waals surface area (Å²) in [7, 11) is 0. The van der Waals surface area contributed by atoms with E-state index >= 15 is 0 Å². The molecule has 19 heavy (non-hydrogen) atoms. The minimum absolute atomic E-state index is 0.192. The minimum atomic E-state index is -0.823. The molecular formula is C16H20O2S. The topological polar surface area (TPSA) is 37.3 Å². The lowest BCUT2D eigenvalue weighted by Crippen LogP contribution is -2.22. The molecule has 1 aromatic heterocycles. The fourth-order valence-electron chi connectivity index (χ4n) is 2.65. The van der Waals surface area contributed by atoms with Crippen LogP contribution in [-0.4, -0.2) is 11.1 Å². The molecule has 0 aliphatic heterocycles. The quantitative estimate of drug-likeness (QED) is 0.822. The van der Waals surface area contributed by atoms with E-state index < -0.39 is 5.97 Å². The van der Waals surface area contributed by atoms with Crippen LogP contribution >= 0.6 is 11.3 Å². The molecule has 0 aromatic carbocycles. The molecule has 1 aliphatic rings. The second-order valence-electron chi connectivity index (χ2n) is 5.88. The van der Waals surface area contributed by atoms with Gasteiger partial charge in [-0.1, -0.05) is 32.6 Å². The summed E-state index contributed by atoms with van der Waals surface area (Å²) in [5, 5.41) is 9.54. The maximum atomic E-state index is 11.6. The van der Waals surface area contributed by atoms with Crippen LogP contribution < -0.4 is 0 Å². The van der Waals surface area contributed by atoms with Gasteiger partial charge in [0.05, 0.1) is 5.56 Å². The third-order valence-corrected chi connectivity index (χ3v) is 5.02. The van der Waals surface area contributed by atoms with Gasteiger partial charge in [-0.3, -0.25) is 0 Å². The standard InChI is InChI=1S/C16H20O2S/c1-5-6-10(2)14-13(15(17)18)11-9-16(3,4)8-7-12(11)19-14/h5-6H,2,7-9H2,1,3-4H3,(H,17,18)/b6-5-. The molecular weight excluding hydrogens is 256 g/mol. The van der Waals surface area contributed by atoms with E-state index in [4.69, 9.17) is 0 Å². The molecule has 0 bridgehead atoms. The third kappa shape index (κ3) is 2.66. The normalized spacial score (nSPS) is 17.4. The zero-order valence-electron chi connectivity index (χ0n) is 11.7. The summed E-state index contributed by atoms with van der Waals surface area (Å²) in [5.41, 5.74) is 2.51. The van der Waals surface area contributed by atoms with E-state index in [2.05, 4.69) is 20.4 Å². The Morgan fingerprint density at radius 2 is 2.16 bits per heavy atom. The Morgan fingerprint density at radius 3 is 2.74 bits per heavy atom. The lowest BCUT2D eigenvalue weighted by molar-refractivity contribution is 0.0695. The van der Waals surface area contributed by atoms with Crippen LogP contribution in [0.1, 0.15) is 52.9 Å². The highest BCUT2D eigenvalue weighted by Crippen LogP contribution is 2.43. The molecule has 1 aromatic rings. The zero-order valence-corrected chi connectivity index (χ0v) is 12.6. The van der Waals surface area contributed by atoms with E-state index in [1.165, 1.54) is 4.88 Å². The van der Waals surface area contributed by atoms with Crippen molar-refractivity contribution in [2.45, 2.75) is 40.0 Å². The molecule has 0 atom stereocenters.